The lowest BCUT2D eigenvalue weighted by Crippen LogP contribution is -2.56. The van der Waals surface area contributed by atoms with Crippen LogP contribution in [0.2, 0.25) is 0 Å². The first kappa shape index (κ1) is 13.4. The lowest BCUT2D eigenvalue weighted by molar-refractivity contribution is -0.301. The van der Waals surface area contributed by atoms with E-state index in [1.54, 1.807) is 6.08 Å². The van der Waals surface area contributed by atoms with Crippen LogP contribution in [-0.4, -0.2) is 35.5 Å². The Morgan fingerprint density at radius 1 is 1.50 bits per heavy atom. The molecule has 5 nitrogen and oxygen atoms in total. The Morgan fingerprint density at radius 2 is 2.25 bits per heavy atom. The molecular formula is C15H18NO4-. The number of carbonyl (C=O) groups is 2. The summed E-state index contributed by atoms with van der Waals surface area (Å²) in [4.78, 5) is 25.0. The summed E-state index contributed by atoms with van der Waals surface area (Å²) in [6.45, 7) is 4.26. The number of ether oxygens (including phenoxy) is 1. The summed E-state index contributed by atoms with van der Waals surface area (Å²) < 4.78 is 5.70. The third-order valence-corrected chi connectivity index (χ3v) is 4.56. The number of β-lactam (4-membered cyclic amide) rings is 1. The summed E-state index contributed by atoms with van der Waals surface area (Å²) in [5.41, 5.74) is 1.56. The molecule has 0 unspecified atom stereocenters. The molecule has 20 heavy (non-hydrogen) atoms. The fourth-order valence-corrected chi connectivity index (χ4v) is 3.85. The van der Waals surface area contributed by atoms with Gasteiger partial charge in [0.2, 0.25) is 0 Å². The Bertz CT molecular complexity index is 532. The second kappa shape index (κ2) is 4.74. The maximum absolute atomic E-state index is 12.1. The number of carbonyl (C=O) groups excluding carboxylic acids is 2. The van der Waals surface area contributed by atoms with Gasteiger partial charge >= 0.3 is 0 Å². The van der Waals surface area contributed by atoms with Crippen molar-refractivity contribution in [3.63, 3.8) is 0 Å². The van der Waals surface area contributed by atoms with Gasteiger partial charge in [0.05, 0.1) is 23.8 Å². The Hall–Kier alpha value is -1.62. The van der Waals surface area contributed by atoms with Crippen molar-refractivity contribution in [1.29, 1.82) is 0 Å². The lowest BCUT2D eigenvalue weighted by Gasteiger charge is -2.42. The fourth-order valence-electron chi connectivity index (χ4n) is 3.85. The maximum Gasteiger partial charge on any atom is 0.256 e. The van der Waals surface area contributed by atoms with Crippen molar-refractivity contribution in [2.45, 2.75) is 45.3 Å². The van der Waals surface area contributed by atoms with Crippen molar-refractivity contribution in [3.05, 3.63) is 22.9 Å². The van der Waals surface area contributed by atoms with Crippen LogP contribution in [0.5, 0.6) is 0 Å². The van der Waals surface area contributed by atoms with Crippen LogP contribution in [0.3, 0.4) is 0 Å². The molecule has 2 heterocycles. The second-order valence-corrected chi connectivity index (χ2v) is 5.44. The molecule has 0 aromatic carbocycles. The van der Waals surface area contributed by atoms with Crippen LogP contribution in [0.25, 0.3) is 0 Å². The van der Waals surface area contributed by atoms with E-state index in [4.69, 9.17) is 4.74 Å². The number of amides is 1. The lowest BCUT2D eigenvalue weighted by atomic mass is 9.75. The molecule has 3 aliphatic rings. The Kier molecular flexibility index (Phi) is 3.17. The molecule has 0 spiro atoms. The SMILES string of the molecule is C/C=C1/C(=O)N2C(C(=O)[O-])=C3[C@@H](OCC)CCC[C@@H]3[C@H]12. The minimum Gasteiger partial charge on any atom is -0.543 e. The molecule has 5 heteroatoms. The van der Waals surface area contributed by atoms with Crippen LogP contribution in [0.15, 0.2) is 22.9 Å². The largest absolute Gasteiger partial charge is 0.543 e. The minimum atomic E-state index is -1.26. The van der Waals surface area contributed by atoms with Gasteiger partial charge in [-0.1, -0.05) is 6.08 Å². The molecule has 0 radical (unpaired) electrons. The van der Waals surface area contributed by atoms with Crippen molar-refractivity contribution >= 4 is 11.9 Å². The van der Waals surface area contributed by atoms with Crippen molar-refractivity contribution in [2.75, 3.05) is 6.61 Å². The zero-order valence-corrected chi connectivity index (χ0v) is 11.7. The van der Waals surface area contributed by atoms with E-state index >= 15 is 0 Å². The zero-order valence-electron chi connectivity index (χ0n) is 11.7. The second-order valence-electron chi connectivity index (χ2n) is 5.44. The number of aliphatic carboxylic acids is 1. The van der Waals surface area contributed by atoms with Gasteiger partial charge < -0.3 is 14.6 Å². The summed E-state index contributed by atoms with van der Waals surface area (Å²) in [7, 11) is 0. The van der Waals surface area contributed by atoms with Crippen LogP contribution in [-0.2, 0) is 14.3 Å². The molecule has 3 rings (SSSR count). The quantitative estimate of drug-likeness (QED) is 0.551. The smallest absolute Gasteiger partial charge is 0.256 e. The highest BCUT2D eigenvalue weighted by molar-refractivity contribution is 6.08. The van der Waals surface area contributed by atoms with Gasteiger partial charge in [-0.05, 0) is 38.7 Å². The van der Waals surface area contributed by atoms with E-state index in [9.17, 15) is 14.7 Å². The highest BCUT2D eigenvalue weighted by Gasteiger charge is 2.56. The number of fused-ring (bicyclic) bond motifs is 3. The van der Waals surface area contributed by atoms with Gasteiger partial charge in [0, 0.05) is 18.1 Å². The molecule has 1 saturated carbocycles. The highest BCUT2D eigenvalue weighted by Crippen LogP contribution is 2.51. The van der Waals surface area contributed by atoms with E-state index in [-0.39, 0.29) is 29.7 Å². The van der Waals surface area contributed by atoms with E-state index in [0.29, 0.717) is 6.61 Å². The molecule has 2 fully saturated rings. The van der Waals surface area contributed by atoms with Gasteiger partial charge in [-0.2, -0.15) is 0 Å². The number of carboxylic acid groups (broad SMARTS) is 1. The molecule has 0 bridgehead atoms. The average Bonchev–Trinajstić information content (AvgIpc) is 2.72. The van der Waals surface area contributed by atoms with E-state index in [1.165, 1.54) is 4.90 Å². The molecule has 0 aromatic rings. The molecule has 3 atom stereocenters. The first-order valence-electron chi connectivity index (χ1n) is 7.18. The van der Waals surface area contributed by atoms with Crippen LogP contribution in [0.1, 0.15) is 33.1 Å². The van der Waals surface area contributed by atoms with E-state index in [2.05, 4.69) is 0 Å². The van der Waals surface area contributed by atoms with Crippen LogP contribution in [0.4, 0.5) is 0 Å². The monoisotopic (exact) mass is 276 g/mol. The number of hydrogen-bond donors (Lipinski definition) is 0. The number of allylic oxidation sites excluding steroid dienone is 1. The molecular weight excluding hydrogens is 258 g/mol. The summed E-state index contributed by atoms with van der Waals surface area (Å²) in [5.74, 6) is -1.38. The Labute approximate surface area is 117 Å². The van der Waals surface area contributed by atoms with Gasteiger partial charge in [0.15, 0.2) is 0 Å². The average molecular weight is 276 g/mol. The van der Waals surface area contributed by atoms with E-state index in [1.807, 2.05) is 13.8 Å². The van der Waals surface area contributed by atoms with Crippen molar-refractivity contribution in [2.24, 2.45) is 5.92 Å². The van der Waals surface area contributed by atoms with Gasteiger partial charge in [-0.3, -0.25) is 9.69 Å². The zero-order chi connectivity index (χ0) is 14.4. The molecule has 108 valence electrons. The van der Waals surface area contributed by atoms with Gasteiger partial charge in [0.25, 0.3) is 5.91 Å². The molecule has 0 N–H and O–H groups in total. The Balaban J connectivity index is 2.06. The highest BCUT2D eigenvalue weighted by atomic mass is 16.5. The molecule has 2 aliphatic heterocycles. The minimum absolute atomic E-state index is 0.0637. The summed E-state index contributed by atoms with van der Waals surface area (Å²) in [5, 5.41) is 11.5. The van der Waals surface area contributed by atoms with Gasteiger partial charge in [-0.25, -0.2) is 0 Å². The third-order valence-electron chi connectivity index (χ3n) is 4.56. The number of nitrogens with zero attached hydrogens (tertiary/aromatic N) is 1. The van der Waals surface area contributed by atoms with Crippen LogP contribution < -0.4 is 5.11 Å². The van der Waals surface area contributed by atoms with Gasteiger partial charge in [-0.15, -0.1) is 0 Å². The summed E-state index contributed by atoms with van der Waals surface area (Å²) >= 11 is 0. The van der Waals surface area contributed by atoms with Crippen LogP contribution >= 0.6 is 0 Å². The number of carboxylic acids is 1. The fraction of sp³-hybridized carbons (Fsp3) is 0.600. The standard InChI is InChI=1S/C15H19NO4/c1-3-8-12-9-6-5-7-10(20-4-2)11(9)13(15(18)19)16(12)14(8)17/h3,9-10,12H,4-7H2,1-2H3,(H,18,19)/p-1/b8-3+/t9-,10-,12-/m0/s1. The number of hydrogen-bond acceptors (Lipinski definition) is 4. The molecule has 0 aromatic heterocycles. The normalized spacial score (nSPS) is 34.1. The summed E-state index contributed by atoms with van der Waals surface area (Å²) in [6, 6.07) is -0.112. The number of rotatable bonds is 3. The predicted octanol–water partition coefficient (Wildman–Crippen LogP) is 0.366. The molecule has 1 saturated heterocycles. The molecule has 1 amide bonds. The van der Waals surface area contributed by atoms with Crippen molar-refractivity contribution in [1.82, 2.24) is 4.90 Å². The summed E-state index contributed by atoms with van der Waals surface area (Å²) in [6.07, 6.45) is 4.32. The first-order chi connectivity index (χ1) is 9.61. The third kappa shape index (κ3) is 1.59. The maximum atomic E-state index is 12.1. The van der Waals surface area contributed by atoms with Crippen molar-refractivity contribution < 1.29 is 19.4 Å². The van der Waals surface area contributed by atoms with Gasteiger partial charge in [0.1, 0.15) is 0 Å². The van der Waals surface area contributed by atoms with E-state index in [0.717, 1.165) is 30.4 Å². The first-order valence-corrected chi connectivity index (χ1v) is 7.18. The topological polar surface area (TPSA) is 69.7 Å². The Morgan fingerprint density at radius 3 is 2.85 bits per heavy atom. The predicted molar refractivity (Wildman–Crippen MR) is 69.2 cm³/mol. The van der Waals surface area contributed by atoms with Crippen molar-refractivity contribution in [3.8, 4) is 0 Å². The van der Waals surface area contributed by atoms with E-state index < -0.39 is 5.97 Å². The molecule has 1 aliphatic carbocycles. The van der Waals surface area contributed by atoms with Crippen LogP contribution in [0, 0.1) is 5.92 Å².